The van der Waals surface area contributed by atoms with Crippen molar-refractivity contribution in [2.75, 3.05) is 14.2 Å². The lowest BCUT2D eigenvalue weighted by atomic mass is 10.1. The number of carbonyl (C=O) groups is 1. The van der Waals surface area contributed by atoms with Gasteiger partial charge < -0.3 is 19.1 Å². The van der Waals surface area contributed by atoms with E-state index in [0.717, 1.165) is 5.56 Å². The summed E-state index contributed by atoms with van der Waals surface area (Å²) in [5.41, 5.74) is 1.70. The van der Waals surface area contributed by atoms with Gasteiger partial charge in [-0.2, -0.15) is 0 Å². The average Bonchev–Trinajstić information content (AvgIpc) is 3.08. The Hall–Kier alpha value is -3.28. The molecule has 0 aliphatic rings. The molecule has 0 saturated carbocycles. The van der Waals surface area contributed by atoms with E-state index < -0.39 is 5.97 Å². The van der Waals surface area contributed by atoms with Crippen LogP contribution in [0.4, 0.5) is 0 Å². The van der Waals surface area contributed by atoms with Crippen LogP contribution in [0.3, 0.4) is 0 Å². The third kappa shape index (κ3) is 3.19. The van der Waals surface area contributed by atoms with Gasteiger partial charge in [-0.25, -0.2) is 9.78 Å². The van der Waals surface area contributed by atoms with Crippen LogP contribution in [0.15, 0.2) is 54.9 Å². The van der Waals surface area contributed by atoms with E-state index in [9.17, 15) is 9.90 Å². The minimum absolute atomic E-state index is 0.272. The van der Waals surface area contributed by atoms with Gasteiger partial charge in [-0.3, -0.25) is 0 Å². The second kappa shape index (κ2) is 7.09. The lowest BCUT2D eigenvalue weighted by Crippen LogP contribution is -2.08. The molecule has 1 heterocycles. The molecule has 0 aliphatic heterocycles. The zero-order valence-corrected chi connectivity index (χ0v) is 14.0. The molecule has 25 heavy (non-hydrogen) atoms. The SMILES string of the molecule is COc1cccc(OC)c1-c1nccn1Cc1ccccc1C(=O)O. The Morgan fingerprint density at radius 1 is 1.08 bits per heavy atom. The number of aromatic nitrogens is 2. The number of ether oxygens (including phenoxy) is 2. The molecule has 0 aliphatic carbocycles. The van der Waals surface area contributed by atoms with Crippen LogP contribution in [-0.2, 0) is 6.54 Å². The molecule has 0 atom stereocenters. The first-order valence-corrected chi connectivity index (χ1v) is 7.69. The maximum absolute atomic E-state index is 11.4. The summed E-state index contributed by atoms with van der Waals surface area (Å²) in [5.74, 6) is 0.971. The highest BCUT2D eigenvalue weighted by atomic mass is 16.5. The highest BCUT2D eigenvalue weighted by Gasteiger charge is 2.18. The smallest absolute Gasteiger partial charge is 0.336 e. The number of hydrogen-bond donors (Lipinski definition) is 1. The number of methoxy groups -OCH3 is 2. The van der Waals surface area contributed by atoms with Gasteiger partial charge in [0.1, 0.15) is 22.9 Å². The summed E-state index contributed by atoms with van der Waals surface area (Å²) in [4.78, 5) is 15.9. The van der Waals surface area contributed by atoms with E-state index in [2.05, 4.69) is 4.98 Å². The molecule has 0 saturated heterocycles. The van der Waals surface area contributed by atoms with Gasteiger partial charge in [0.25, 0.3) is 0 Å². The molecular formula is C19H18N2O4. The van der Waals surface area contributed by atoms with E-state index in [4.69, 9.17) is 9.47 Å². The van der Waals surface area contributed by atoms with Crippen molar-refractivity contribution >= 4 is 5.97 Å². The van der Waals surface area contributed by atoms with Crippen LogP contribution in [0.1, 0.15) is 15.9 Å². The molecule has 3 rings (SSSR count). The van der Waals surface area contributed by atoms with Crippen LogP contribution in [0.5, 0.6) is 11.5 Å². The fourth-order valence-electron chi connectivity index (χ4n) is 2.79. The number of imidazole rings is 1. The van der Waals surface area contributed by atoms with Gasteiger partial charge in [0, 0.05) is 18.9 Å². The van der Waals surface area contributed by atoms with Crippen molar-refractivity contribution in [3.8, 4) is 22.9 Å². The van der Waals surface area contributed by atoms with Crippen molar-refractivity contribution in [1.29, 1.82) is 0 Å². The van der Waals surface area contributed by atoms with E-state index in [1.165, 1.54) is 0 Å². The number of rotatable bonds is 6. The van der Waals surface area contributed by atoms with Crippen LogP contribution in [0.25, 0.3) is 11.4 Å². The zero-order chi connectivity index (χ0) is 17.8. The third-order valence-corrected chi connectivity index (χ3v) is 3.96. The summed E-state index contributed by atoms with van der Waals surface area (Å²) >= 11 is 0. The summed E-state index contributed by atoms with van der Waals surface area (Å²) in [6.45, 7) is 0.374. The highest BCUT2D eigenvalue weighted by molar-refractivity contribution is 5.89. The normalized spacial score (nSPS) is 10.5. The summed E-state index contributed by atoms with van der Waals surface area (Å²) in [5, 5.41) is 9.38. The molecular weight excluding hydrogens is 320 g/mol. The second-order valence-electron chi connectivity index (χ2n) is 5.38. The predicted molar refractivity (Wildman–Crippen MR) is 93.3 cm³/mol. The minimum atomic E-state index is -0.952. The molecule has 0 unspecified atom stereocenters. The van der Waals surface area contributed by atoms with E-state index in [0.29, 0.717) is 29.4 Å². The molecule has 1 N–H and O–H groups in total. The maximum Gasteiger partial charge on any atom is 0.336 e. The predicted octanol–water partition coefficient (Wildman–Crippen LogP) is 3.31. The molecule has 0 radical (unpaired) electrons. The Balaban J connectivity index is 2.08. The Morgan fingerprint density at radius 3 is 2.40 bits per heavy atom. The van der Waals surface area contributed by atoms with Crippen LogP contribution in [0.2, 0.25) is 0 Å². The first-order valence-electron chi connectivity index (χ1n) is 7.69. The summed E-state index contributed by atoms with van der Waals surface area (Å²) < 4.78 is 12.8. The summed E-state index contributed by atoms with van der Waals surface area (Å²) in [6, 6.07) is 12.4. The van der Waals surface area contributed by atoms with Gasteiger partial charge in [-0.05, 0) is 23.8 Å². The number of benzene rings is 2. The number of hydrogen-bond acceptors (Lipinski definition) is 4. The van der Waals surface area contributed by atoms with Crippen molar-refractivity contribution < 1.29 is 19.4 Å². The Labute approximate surface area is 145 Å². The number of carboxylic acids is 1. The van der Waals surface area contributed by atoms with Gasteiger partial charge in [0.2, 0.25) is 0 Å². The fraction of sp³-hybridized carbons (Fsp3) is 0.158. The van der Waals surface area contributed by atoms with Crippen molar-refractivity contribution in [3.05, 3.63) is 66.0 Å². The highest BCUT2D eigenvalue weighted by Crippen LogP contribution is 2.37. The maximum atomic E-state index is 11.4. The van der Waals surface area contributed by atoms with Crippen LogP contribution < -0.4 is 9.47 Å². The quantitative estimate of drug-likeness (QED) is 0.746. The van der Waals surface area contributed by atoms with Gasteiger partial charge in [0.15, 0.2) is 0 Å². The van der Waals surface area contributed by atoms with Gasteiger partial charge in [0.05, 0.1) is 19.8 Å². The van der Waals surface area contributed by atoms with Crippen molar-refractivity contribution in [2.45, 2.75) is 6.54 Å². The van der Waals surface area contributed by atoms with Crippen molar-refractivity contribution in [1.82, 2.24) is 9.55 Å². The molecule has 0 amide bonds. The molecule has 6 heteroatoms. The standard InChI is InChI=1S/C19H18N2O4/c1-24-15-8-5-9-16(25-2)17(15)18-20-10-11-21(18)12-13-6-3-4-7-14(13)19(22)23/h3-11H,12H2,1-2H3,(H,22,23). The lowest BCUT2D eigenvalue weighted by Gasteiger charge is -2.15. The minimum Gasteiger partial charge on any atom is -0.496 e. The summed E-state index contributed by atoms with van der Waals surface area (Å²) in [7, 11) is 3.18. The van der Waals surface area contributed by atoms with Gasteiger partial charge in [-0.15, -0.1) is 0 Å². The number of carboxylic acid groups (broad SMARTS) is 1. The van der Waals surface area contributed by atoms with Crippen LogP contribution in [-0.4, -0.2) is 34.8 Å². The largest absolute Gasteiger partial charge is 0.496 e. The van der Waals surface area contributed by atoms with Crippen molar-refractivity contribution in [3.63, 3.8) is 0 Å². The third-order valence-electron chi connectivity index (χ3n) is 3.96. The molecule has 1 aromatic heterocycles. The Morgan fingerprint density at radius 2 is 1.76 bits per heavy atom. The second-order valence-corrected chi connectivity index (χ2v) is 5.38. The first kappa shape index (κ1) is 16.6. The summed E-state index contributed by atoms with van der Waals surface area (Å²) in [6.07, 6.45) is 3.48. The molecule has 128 valence electrons. The van der Waals surface area contributed by atoms with Crippen LogP contribution >= 0.6 is 0 Å². The first-order chi connectivity index (χ1) is 12.2. The molecule has 0 bridgehead atoms. The van der Waals surface area contributed by atoms with E-state index in [1.54, 1.807) is 44.8 Å². The van der Waals surface area contributed by atoms with Gasteiger partial charge >= 0.3 is 5.97 Å². The zero-order valence-electron chi connectivity index (χ0n) is 14.0. The fourth-order valence-corrected chi connectivity index (χ4v) is 2.79. The lowest BCUT2D eigenvalue weighted by molar-refractivity contribution is 0.0695. The average molecular weight is 338 g/mol. The van der Waals surface area contributed by atoms with Crippen LogP contribution in [0, 0.1) is 0 Å². The molecule has 0 fully saturated rings. The molecule has 6 nitrogen and oxygen atoms in total. The Kier molecular flexibility index (Phi) is 4.70. The monoisotopic (exact) mass is 338 g/mol. The number of aromatic carboxylic acids is 1. The number of nitrogens with zero attached hydrogens (tertiary/aromatic N) is 2. The van der Waals surface area contributed by atoms with Crippen molar-refractivity contribution in [2.24, 2.45) is 0 Å². The molecule has 3 aromatic rings. The van der Waals surface area contributed by atoms with E-state index in [1.807, 2.05) is 28.8 Å². The van der Waals surface area contributed by atoms with Gasteiger partial charge in [-0.1, -0.05) is 24.3 Å². The topological polar surface area (TPSA) is 73.6 Å². The van der Waals surface area contributed by atoms with E-state index in [-0.39, 0.29) is 5.56 Å². The molecule has 2 aromatic carbocycles. The van der Waals surface area contributed by atoms with E-state index >= 15 is 0 Å². The molecule has 0 spiro atoms. The Bertz CT molecular complexity index is 880.